The fraction of sp³-hybridized carbons (Fsp3) is 1.00. The fourth-order valence-corrected chi connectivity index (χ4v) is 5.58. The number of hydrogen-bond acceptors (Lipinski definition) is 8. The van der Waals surface area contributed by atoms with Crippen molar-refractivity contribution < 1.29 is 115 Å². The number of ether oxygens (including phenoxy) is 4. The smallest absolute Gasteiger partial charge is 0.379 e. The van der Waals surface area contributed by atoms with Crippen LogP contribution in [0.25, 0.3) is 0 Å². The summed E-state index contributed by atoms with van der Waals surface area (Å²) in [5.74, 6) is -52.4. The van der Waals surface area contributed by atoms with E-state index in [1.807, 2.05) is 0 Å². The molecule has 0 spiro atoms. The van der Waals surface area contributed by atoms with E-state index in [1.165, 1.54) is 0 Å². The second kappa shape index (κ2) is 18.4. The number of sulfonamides is 1. The molecule has 0 aromatic carbocycles. The predicted molar refractivity (Wildman–Crippen MR) is 140 cm³/mol. The van der Waals surface area contributed by atoms with E-state index in [4.69, 9.17) is 23.5 Å². The minimum absolute atomic E-state index is 0.0457. The van der Waals surface area contributed by atoms with E-state index in [-0.39, 0.29) is 46.1 Å². The Bertz CT molecular complexity index is 1320. The average Bonchev–Trinajstić information content (AvgIpc) is 2.98. The lowest BCUT2D eigenvalue weighted by atomic mass is 9.91. The summed E-state index contributed by atoms with van der Waals surface area (Å²) in [5, 5.41) is -7.64. The molecule has 0 radical (unpaired) electrons. The Balaban J connectivity index is 5.39. The maximum absolute atomic E-state index is 14.6. The third kappa shape index (κ3) is 11.0. The fourth-order valence-electron chi connectivity index (χ4n) is 3.49. The summed E-state index contributed by atoms with van der Waals surface area (Å²) in [4.78, 5) is 0. The summed E-state index contributed by atoms with van der Waals surface area (Å²) in [6, 6.07) is 0. The molecular weight excluding hydrogens is 821 g/mol. The molecule has 0 bridgehead atoms. The van der Waals surface area contributed by atoms with Gasteiger partial charge in [-0.2, -0.15) is 87.4 Å². The zero-order valence-electron chi connectivity index (χ0n) is 26.3. The molecule has 0 fully saturated rings. The number of rotatable bonds is 27. The zero-order chi connectivity index (χ0) is 41.3. The Morgan fingerprint density at radius 1 is 0.481 bits per heavy atom. The lowest BCUT2D eigenvalue weighted by Crippen LogP contribution is -2.75. The Morgan fingerprint density at radius 3 is 1.19 bits per heavy atom. The van der Waals surface area contributed by atoms with Gasteiger partial charge >= 0.3 is 47.0 Å². The highest BCUT2D eigenvalue weighted by molar-refractivity contribution is 7.90. The van der Waals surface area contributed by atoms with Crippen LogP contribution in [0.2, 0.25) is 0 Å². The molecule has 0 aliphatic rings. The van der Waals surface area contributed by atoms with Crippen LogP contribution in [0.5, 0.6) is 0 Å². The molecule has 0 unspecified atom stereocenters. The second-order valence-electron chi connectivity index (χ2n) is 10.3. The standard InChI is InChI=1S/C23H32F17NO9S2/c1-2-5-41(6-8-48-10-12-50-14-13-49-11-9-47-7-3-4-15-51(42,43)44)52(45,46)23(39,40)21(34,35)19(30,31)17(26,27)16(24,25)18(28,29)20(32,33)22(36,37)38/h2-15H2,1H3,(H,42,43,44). The van der Waals surface area contributed by atoms with Crippen LogP contribution in [0, 0.1) is 0 Å². The van der Waals surface area contributed by atoms with Gasteiger partial charge in [0.05, 0.1) is 52.0 Å². The van der Waals surface area contributed by atoms with Gasteiger partial charge in [-0.05, 0) is 19.3 Å². The highest BCUT2D eigenvalue weighted by Gasteiger charge is 2.96. The Morgan fingerprint density at radius 2 is 0.827 bits per heavy atom. The second-order valence-corrected chi connectivity index (χ2v) is 13.9. The lowest BCUT2D eigenvalue weighted by molar-refractivity contribution is -0.458. The molecule has 314 valence electrons. The van der Waals surface area contributed by atoms with Crippen molar-refractivity contribution in [1.29, 1.82) is 0 Å². The van der Waals surface area contributed by atoms with Gasteiger partial charge in [0.2, 0.25) is 0 Å². The Kier molecular flexibility index (Phi) is 17.9. The third-order valence-corrected chi connectivity index (χ3v) is 9.13. The van der Waals surface area contributed by atoms with Crippen molar-refractivity contribution in [3.63, 3.8) is 0 Å². The van der Waals surface area contributed by atoms with Gasteiger partial charge in [-0.25, -0.2) is 8.42 Å². The largest absolute Gasteiger partial charge is 0.460 e. The van der Waals surface area contributed by atoms with E-state index < -0.39 is 110 Å². The number of halogens is 17. The lowest BCUT2D eigenvalue weighted by Gasteiger charge is -2.43. The van der Waals surface area contributed by atoms with Crippen molar-refractivity contribution in [1.82, 2.24) is 4.31 Å². The molecule has 0 aliphatic carbocycles. The number of unbranched alkanes of at least 4 members (excludes halogenated alkanes) is 1. The third-order valence-electron chi connectivity index (χ3n) is 6.37. The number of nitrogens with zero attached hydrogens (tertiary/aromatic N) is 1. The molecule has 0 aromatic heterocycles. The normalized spacial score (nSPS) is 15.2. The van der Waals surface area contributed by atoms with E-state index in [9.17, 15) is 91.5 Å². The Hall–Kier alpha value is -1.53. The highest BCUT2D eigenvalue weighted by atomic mass is 32.2. The first-order valence-electron chi connectivity index (χ1n) is 14.1. The summed E-state index contributed by atoms with van der Waals surface area (Å²) in [6.07, 6.45) is -8.07. The molecule has 10 nitrogen and oxygen atoms in total. The maximum atomic E-state index is 14.6. The van der Waals surface area contributed by atoms with Crippen molar-refractivity contribution >= 4 is 20.1 Å². The topological polar surface area (TPSA) is 129 Å². The van der Waals surface area contributed by atoms with Gasteiger partial charge in [-0.1, -0.05) is 6.92 Å². The first-order chi connectivity index (χ1) is 23.2. The number of hydrogen-bond donors (Lipinski definition) is 1. The summed E-state index contributed by atoms with van der Waals surface area (Å²) in [6.45, 7) is -3.58. The average molecular weight is 854 g/mol. The van der Waals surface area contributed by atoms with Crippen LogP contribution < -0.4 is 0 Å². The highest BCUT2D eigenvalue weighted by Crippen LogP contribution is 2.64. The summed E-state index contributed by atoms with van der Waals surface area (Å²) in [7, 11) is -11.5. The van der Waals surface area contributed by atoms with E-state index >= 15 is 0 Å². The van der Waals surface area contributed by atoms with E-state index in [0.29, 0.717) is 6.42 Å². The van der Waals surface area contributed by atoms with Gasteiger partial charge in [0.1, 0.15) is 0 Å². The van der Waals surface area contributed by atoms with Gasteiger partial charge < -0.3 is 18.9 Å². The molecule has 52 heavy (non-hydrogen) atoms. The summed E-state index contributed by atoms with van der Waals surface area (Å²) < 4.78 is 304. The van der Waals surface area contributed by atoms with Crippen LogP contribution in [0.3, 0.4) is 0 Å². The quantitative estimate of drug-likeness (QED) is 0.0627. The molecule has 0 heterocycles. The van der Waals surface area contributed by atoms with Gasteiger partial charge in [0.15, 0.2) is 0 Å². The van der Waals surface area contributed by atoms with Gasteiger partial charge in [-0.15, -0.1) is 0 Å². The van der Waals surface area contributed by atoms with E-state index in [1.54, 1.807) is 0 Å². The molecular formula is C23H32F17NO9S2. The molecule has 0 amide bonds. The van der Waals surface area contributed by atoms with Gasteiger partial charge in [0.25, 0.3) is 20.1 Å². The van der Waals surface area contributed by atoms with Crippen LogP contribution in [0.4, 0.5) is 74.6 Å². The molecule has 0 aromatic rings. The maximum Gasteiger partial charge on any atom is 0.460 e. The zero-order valence-corrected chi connectivity index (χ0v) is 27.9. The van der Waals surface area contributed by atoms with Crippen LogP contribution in [-0.2, 0) is 39.1 Å². The monoisotopic (exact) mass is 853 g/mol. The van der Waals surface area contributed by atoms with Gasteiger partial charge in [0, 0.05) is 19.7 Å². The molecule has 29 heteroatoms. The molecule has 0 saturated carbocycles. The van der Waals surface area contributed by atoms with Crippen LogP contribution in [0.15, 0.2) is 0 Å². The summed E-state index contributed by atoms with van der Waals surface area (Å²) in [5.41, 5.74) is 0. The minimum Gasteiger partial charge on any atom is -0.379 e. The summed E-state index contributed by atoms with van der Waals surface area (Å²) >= 11 is 0. The molecule has 0 saturated heterocycles. The van der Waals surface area contributed by atoms with Crippen LogP contribution in [0.1, 0.15) is 26.2 Å². The Labute approximate surface area is 284 Å². The molecule has 0 rings (SSSR count). The van der Waals surface area contributed by atoms with E-state index in [2.05, 4.69) is 0 Å². The van der Waals surface area contributed by atoms with Gasteiger partial charge in [-0.3, -0.25) is 4.55 Å². The first-order valence-corrected chi connectivity index (χ1v) is 17.2. The van der Waals surface area contributed by atoms with Crippen molar-refractivity contribution in [2.24, 2.45) is 0 Å². The molecule has 0 atom stereocenters. The molecule has 0 aliphatic heterocycles. The number of alkyl halides is 17. The van der Waals surface area contributed by atoms with Crippen molar-refractivity contribution in [2.75, 3.05) is 71.7 Å². The SMILES string of the molecule is CCCN(CCOCCOCCOCCOCCCCS(=O)(=O)O)S(=O)(=O)C(F)(F)C(F)(F)C(F)(F)C(F)(F)C(F)(F)C(F)(F)C(F)(F)C(F)(F)F. The van der Waals surface area contributed by atoms with Crippen molar-refractivity contribution in [3.8, 4) is 0 Å². The first kappa shape index (κ1) is 50.5. The minimum atomic E-state index is -8.91. The predicted octanol–water partition coefficient (Wildman–Crippen LogP) is 5.73. The van der Waals surface area contributed by atoms with Crippen molar-refractivity contribution in [2.45, 2.75) is 73.2 Å². The van der Waals surface area contributed by atoms with Crippen molar-refractivity contribution in [3.05, 3.63) is 0 Å². The van der Waals surface area contributed by atoms with E-state index in [0.717, 1.165) is 6.92 Å². The van der Waals surface area contributed by atoms with Crippen LogP contribution in [-0.4, -0.2) is 144 Å². The van der Waals surface area contributed by atoms with Crippen LogP contribution >= 0.6 is 0 Å². The molecule has 1 N–H and O–H groups in total.